The van der Waals surface area contributed by atoms with Gasteiger partial charge in [0.05, 0.1) is 4.99 Å². The van der Waals surface area contributed by atoms with Crippen LogP contribution >= 0.6 is 23.8 Å². The maximum Gasteiger partial charge on any atom is 0.237 e. The van der Waals surface area contributed by atoms with E-state index in [1.165, 1.54) is 0 Å². The third kappa shape index (κ3) is 2.95. The minimum absolute atomic E-state index is 0.182. The highest BCUT2D eigenvalue weighted by Gasteiger charge is 2.43. The van der Waals surface area contributed by atoms with Crippen LogP contribution in [-0.2, 0) is 9.53 Å². The number of nitrogens with one attached hydrogen (secondary N) is 1. The lowest BCUT2D eigenvalue weighted by Gasteiger charge is -2.34. The van der Waals surface area contributed by atoms with E-state index >= 15 is 0 Å². The first kappa shape index (κ1) is 15.2. The van der Waals surface area contributed by atoms with E-state index in [0.29, 0.717) is 36.8 Å². The predicted molar refractivity (Wildman–Crippen MR) is 84.1 cm³/mol. The SMILES string of the molecule is Cc1ccc(Cl)cc1NC(=O)C1(C(N)=S)CCOCC1. The van der Waals surface area contributed by atoms with Gasteiger partial charge in [-0.15, -0.1) is 0 Å². The van der Waals surface area contributed by atoms with Gasteiger partial charge in [0.1, 0.15) is 5.41 Å². The zero-order valence-corrected chi connectivity index (χ0v) is 12.8. The summed E-state index contributed by atoms with van der Waals surface area (Å²) in [7, 11) is 0. The van der Waals surface area contributed by atoms with E-state index in [2.05, 4.69) is 5.32 Å². The van der Waals surface area contributed by atoms with Crippen LogP contribution in [0, 0.1) is 12.3 Å². The first-order valence-corrected chi connectivity index (χ1v) is 7.19. The molecule has 1 saturated heterocycles. The summed E-state index contributed by atoms with van der Waals surface area (Å²) in [5.74, 6) is -0.182. The molecule has 3 N–H and O–H groups in total. The second kappa shape index (κ2) is 6.08. The summed E-state index contributed by atoms with van der Waals surface area (Å²) in [6.45, 7) is 2.88. The van der Waals surface area contributed by atoms with Crippen molar-refractivity contribution in [2.24, 2.45) is 11.1 Å². The Bertz CT molecular complexity index is 542. The van der Waals surface area contributed by atoms with Gasteiger partial charge in [0.25, 0.3) is 0 Å². The molecule has 0 spiro atoms. The average molecular weight is 313 g/mol. The lowest BCUT2D eigenvalue weighted by molar-refractivity contribution is -0.126. The molecule has 2 rings (SSSR count). The van der Waals surface area contributed by atoms with Gasteiger partial charge in [0.15, 0.2) is 0 Å². The number of hydrogen-bond acceptors (Lipinski definition) is 3. The molecule has 0 bridgehead atoms. The van der Waals surface area contributed by atoms with E-state index in [9.17, 15) is 4.79 Å². The number of amides is 1. The summed E-state index contributed by atoms with van der Waals surface area (Å²) >= 11 is 11.1. The monoisotopic (exact) mass is 312 g/mol. The molecule has 0 radical (unpaired) electrons. The maximum atomic E-state index is 12.6. The molecule has 1 aliphatic rings. The molecule has 0 aromatic heterocycles. The van der Waals surface area contributed by atoms with Crippen molar-refractivity contribution >= 4 is 40.4 Å². The normalized spacial score (nSPS) is 17.5. The largest absolute Gasteiger partial charge is 0.392 e. The first-order valence-electron chi connectivity index (χ1n) is 6.41. The van der Waals surface area contributed by atoms with Crippen molar-refractivity contribution < 1.29 is 9.53 Å². The number of aryl methyl sites for hydroxylation is 1. The molecular weight excluding hydrogens is 296 g/mol. The number of rotatable bonds is 3. The van der Waals surface area contributed by atoms with Gasteiger partial charge in [0, 0.05) is 23.9 Å². The number of nitrogens with two attached hydrogens (primary N) is 1. The van der Waals surface area contributed by atoms with Gasteiger partial charge in [-0.2, -0.15) is 0 Å². The Hall–Kier alpha value is -1.17. The van der Waals surface area contributed by atoms with E-state index in [-0.39, 0.29) is 10.9 Å². The van der Waals surface area contributed by atoms with Gasteiger partial charge in [-0.1, -0.05) is 29.9 Å². The van der Waals surface area contributed by atoms with Crippen molar-refractivity contribution in [1.82, 2.24) is 0 Å². The molecule has 0 unspecified atom stereocenters. The number of ether oxygens (including phenoxy) is 1. The van der Waals surface area contributed by atoms with Crippen molar-refractivity contribution in [3.05, 3.63) is 28.8 Å². The van der Waals surface area contributed by atoms with Crippen LogP contribution in [0.15, 0.2) is 18.2 Å². The second-order valence-corrected chi connectivity index (χ2v) is 5.85. The van der Waals surface area contributed by atoms with Gasteiger partial charge >= 0.3 is 0 Å². The number of benzene rings is 1. The Morgan fingerprint density at radius 1 is 1.45 bits per heavy atom. The van der Waals surface area contributed by atoms with Crippen LogP contribution in [0.1, 0.15) is 18.4 Å². The molecule has 0 atom stereocenters. The van der Waals surface area contributed by atoms with Crippen molar-refractivity contribution in [1.29, 1.82) is 0 Å². The number of halogens is 1. The Kier molecular flexibility index (Phi) is 4.62. The Morgan fingerprint density at radius 3 is 2.70 bits per heavy atom. The molecule has 108 valence electrons. The fraction of sp³-hybridized carbons (Fsp3) is 0.429. The molecule has 1 amide bonds. The summed E-state index contributed by atoms with van der Waals surface area (Å²) < 4.78 is 5.30. The predicted octanol–water partition coefficient (Wildman–Crippen LogP) is 2.67. The van der Waals surface area contributed by atoms with Crippen LogP contribution in [-0.4, -0.2) is 24.1 Å². The number of anilines is 1. The zero-order valence-electron chi connectivity index (χ0n) is 11.2. The molecule has 6 heteroatoms. The number of thiocarbonyl (C=S) groups is 1. The lowest BCUT2D eigenvalue weighted by Crippen LogP contribution is -2.49. The summed E-state index contributed by atoms with van der Waals surface area (Å²) in [5.41, 5.74) is 6.61. The lowest BCUT2D eigenvalue weighted by atomic mass is 9.79. The molecular formula is C14H17ClN2O2S. The second-order valence-electron chi connectivity index (χ2n) is 4.97. The molecule has 1 fully saturated rings. The summed E-state index contributed by atoms with van der Waals surface area (Å²) in [6.07, 6.45) is 1.02. The van der Waals surface area contributed by atoms with Crippen LogP contribution in [0.2, 0.25) is 5.02 Å². The fourth-order valence-electron chi connectivity index (χ4n) is 2.28. The van der Waals surface area contributed by atoms with E-state index in [0.717, 1.165) is 5.56 Å². The summed E-state index contributed by atoms with van der Waals surface area (Å²) in [4.78, 5) is 12.8. The highest BCUT2D eigenvalue weighted by Crippen LogP contribution is 2.33. The zero-order chi connectivity index (χ0) is 14.8. The van der Waals surface area contributed by atoms with Gasteiger partial charge in [-0.05, 0) is 37.5 Å². The summed E-state index contributed by atoms with van der Waals surface area (Å²) in [6, 6.07) is 5.36. The van der Waals surface area contributed by atoms with Gasteiger partial charge in [0.2, 0.25) is 5.91 Å². The van der Waals surface area contributed by atoms with Crippen LogP contribution in [0.5, 0.6) is 0 Å². The molecule has 1 aliphatic heterocycles. The molecule has 1 heterocycles. The van der Waals surface area contributed by atoms with E-state index in [4.69, 9.17) is 34.3 Å². The highest BCUT2D eigenvalue weighted by atomic mass is 35.5. The number of hydrogen-bond donors (Lipinski definition) is 2. The van der Waals surface area contributed by atoms with Gasteiger partial charge < -0.3 is 15.8 Å². The minimum Gasteiger partial charge on any atom is -0.392 e. The number of carbonyl (C=O) groups is 1. The van der Waals surface area contributed by atoms with E-state index in [1.54, 1.807) is 12.1 Å². The highest BCUT2D eigenvalue weighted by molar-refractivity contribution is 7.80. The van der Waals surface area contributed by atoms with Crippen LogP contribution in [0.4, 0.5) is 5.69 Å². The third-order valence-corrected chi connectivity index (χ3v) is 4.33. The van der Waals surface area contributed by atoms with Crippen LogP contribution in [0.3, 0.4) is 0 Å². The average Bonchev–Trinajstić information content (AvgIpc) is 2.43. The Morgan fingerprint density at radius 2 is 2.10 bits per heavy atom. The molecule has 1 aromatic carbocycles. The van der Waals surface area contributed by atoms with E-state index < -0.39 is 5.41 Å². The quantitative estimate of drug-likeness (QED) is 0.842. The van der Waals surface area contributed by atoms with Gasteiger partial charge in [-0.3, -0.25) is 4.79 Å². The molecule has 20 heavy (non-hydrogen) atoms. The molecule has 1 aromatic rings. The molecule has 4 nitrogen and oxygen atoms in total. The molecule has 0 saturated carbocycles. The van der Waals surface area contributed by atoms with Crippen LogP contribution in [0.25, 0.3) is 0 Å². The van der Waals surface area contributed by atoms with Crippen molar-refractivity contribution in [2.75, 3.05) is 18.5 Å². The third-order valence-electron chi connectivity index (χ3n) is 3.70. The number of carbonyl (C=O) groups excluding carboxylic acids is 1. The maximum absolute atomic E-state index is 12.6. The minimum atomic E-state index is -0.831. The Balaban J connectivity index is 2.25. The Labute approximate surface area is 128 Å². The van der Waals surface area contributed by atoms with Crippen LogP contribution < -0.4 is 11.1 Å². The topological polar surface area (TPSA) is 64.4 Å². The molecule has 0 aliphatic carbocycles. The first-order chi connectivity index (χ1) is 9.45. The smallest absolute Gasteiger partial charge is 0.237 e. The van der Waals surface area contributed by atoms with Gasteiger partial charge in [-0.25, -0.2) is 0 Å². The fourth-order valence-corrected chi connectivity index (χ4v) is 2.74. The standard InChI is InChI=1S/C14H17ClN2O2S/c1-9-2-3-10(15)8-11(9)17-13(18)14(12(16)20)4-6-19-7-5-14/h2-3,8H,4-7H2,1H3,(H2,16,20)(H,17,18). The van der Waals surface area contributed by atoms with Crippen molar-refractivity contribution in [2.45, 2.75) is 19.8 Å². The van der Waals surface area contributed by atoms with E-state index in [1.807, 2.05) is 13.0 Å². The van der Waals surface area contributed by atoms with Crippen molar-refractivity contribution in [3.63, 3.8) is 0 Å². The summed E-state index contributed by atoms with van der Waals surface area (Å²) in [5, 5.41) is 3.47. The van der Waals surface area contributed by atoms with Crippen molar-refractivity contribution in [3.8, 4) is 0 Å².